The highest BCUT2D eigenvalue weighted by Gasteiger charge is 2.20. The molecule has 1 aliphatic carbocycles. The second kappa shape index (κ2) is 6.85. The Hall–Kier alpha value is -1.15. The van der Waals surface area contributed by atoms with E-state index >= 15 is 0 Å². The number of carbonyl (C=O) groups is 1. The zero-order valence-corrected chi connectivity index (χ0v) is 12.2. The van der Waals surface area contributed by atoms with Gasteiger partial charge in [-0.15, -0.1) is 0 Å². The van der Waals surface area contributed by atoms with Crippen LogP contribution >= 0.6 is 0 Å². The Labute approximate surface area is 116 Å². The molecule has 0 aromatic heterocycles. The van der Waals surface area contributed by atoms with Crippen LogP contribution in [-0.4, -0.2) is 30.3 Å². The molecule has 1 aromatic carbocycles. The van der Waals surface area contributed by atoms with Crippen molar-refractivity contribution in [3.8, 4) is 0 Å². The Bertz CT molecular complexity index is 406. The lowest BCUT2D eigenvalue weighted by Crippen LogP contribution is -2.34. The van der Waals surface area contributed by atoms with Crippen molar-refractivity contribution in [2.24, 2.45) is 5.92 Å². The number of nitrogens with zero attached hydrogens (tertiary/aromatic N) is 1. The standard InChI is InChI=1S/C17H25NO/c1-3-18(13-15-5-4-6-15)12-11-17(19)16-9-7-14(2)8-10-16/h7-10,15H,3-6,11-13H2,1-2H3. The smallest absolute Gasteiger partial charge is 0.164 e. The molecule has 0 atom stereocenters. The number of carbonyl (C=O) groups excluding carboxylic acids is 1. The van der Waals surface area contributed by atoms with Gasteiger partial charge < -0.3 is 4.90 Å². The van der Waals surface area contributed by atoms with Crippen LogP contribution in [0.1, 0.15) is 48.5 Å². The number of ketones is 1. The van der Waals surface area contributed by atoms with Gasteiger partial charge in [0.15, 0.2) is 5.78 Å². The summed E-state index contributed by atoms with van der Waals surface area (Å²) in [5, 5.41) is 0. The van der Waals surface area contributed by atoms with Gasteiger partial charge in [0.1, 0.15) is 0 Å². The van der Waals surface area contributed by atoms with Crippen molar-refractivity contribution in [2.45, 2.75) is 39.5 Å². The summed E-state index contributed by atoms with van der Waals surface area (Å²) in [6.07, 6.45) is 4.79. The van der Waals surface area contributed by atoms with E-state index in [1.54, 1.807) is 0 Å². The quantitative estimate of drug-likeness (QED) is 0.696. The first-order valence-electron chi connectivity index (χ1n) is 7.51. The first-order valence-corrected chi connectivity index (χ1v) is 7.51. The van der Waals surface area contributed by atoms with Crippen molar-refractivity contribution in [1.82, 2.24) is 4.90 Å². The maximum absolute atomic E-state index is 12.1. The average Bonchev–Trinajstić information content (AvgIpc) is 2.37. The van der Waals surface area contributed by atoms with E-state index in [2.05, 4.69) is 11.8 Å². The van der Waals surface area contributed by atoms with Crippen LogP contribution in [0, 0.1) is 12.8 Å². The van der Waals surface area contributed by atoms with Gasteiger partial charge in [-0.25, -0.2) is 0 Å². The van der Waals surface area contributed by atoms with Gasteiger partial charge >= 0.3 is 0 Å². The number of aryl methyl sites for hydroxylation is 1. The molecule has 0 amide bonds. The lowest BCUT2D eigenvalue weighted by Gasteiger charge is -2.31. The maximum Gasteiger partial charge on any atom is 0.164 e. The molecular formula is C17H25NO. The highest BCUT2D eigenvalue weighted by Crippen LogP contribution is 2.27. The van der Waals surface area contributed by atoms with Gasteiger partial charge in [-0.3, -0.25) is 4.79 Å². The molecule has 0 heterocycles. The summed E-state index contributed by atoms with van der Waals surface area (Å²) >= 11 is 0. The van der Waals surface area contributed by atoms with Crippen molar-refractivity contribution >= 4 is 5.78 Å². The number of hydrogen-bond acceptors (Lipinski definition) is 2. The van der Waals surface area contributed by atoms with Crippen LogP contribution in [0.25, 0.3) is 0 Å². The third-order valence-corrected chi connectivity index (χ3v) is 4.22. The molecule has 0 radical (unpaired) electrons. The van der Waals surface area contributed by atoms with Gasteiger partial charge in [-0.05, 0) is 32.2 Å². The average molecular weight is 259 g/mol. The largest absolute Gasteiger partial charge is 0.303 e. The second-order valence-electron chi connectivity index (χ2n) is 5.73. The van der Waals surface area contributed by atoms with E-state index < -0.39 is 0 Å². The molecule has 19 heavy (non-hydrogen) atoms. The van der Waals surface area contributed by atoms with Gasteiger partial charge in [0.25, 0.3) is 0 Å². The zero-order valence-electron chi connectivity index (χ0n) is 12.2. The van der Waals surface area contributed by atoms with E-state index in [9.17, 15) is 4.79 Å². The monoisotopic (exact) mass is 259 g/mol. The minimum Gasteiger partial charge on any atom is -0.303 e. The molecule has 1 aromatic rings. The molecular weight excluding hydrogens is 234 g/mol. The van der Waals surface area contributed by atoms with Gasteiger partial charge in [0.2, 0.25) is 0 Å². The molecule has 1 aliphatic rings. The second-order valence-corrected chi connectivity index (χ2v) is 5.73. The van der Waals surface area contributed by atoms with E-state index in [-0.39, 0.29) is 5.78 Å². The molecule has 0 spiro atoms. The van der Waals surface area contributed by atoms with Crippen LogP contribution in [-0.2, 0) is 0 Å². The fourth-order valence-electron chi connectivity index (χ4n) is 2.56. The molecule has 2 heteroatoms. The SMILES string of the molecule is CCN(CCC(=O)c1ccc(C)cc1)CC1CCC1. The predicted octanol–water partition coefficient (Wildman–Crippen LogP) is 3.69. The predicted molar refractivity (Wildman–Crippen MR) is 79.6 cm³/mol. The molecule has 0 bridgehead atoms. The molecule has 1 saturated carbocycles. The van der Waals surface area contributed by atoms with Crippen LogP contribution in [0.15, 0.2) is 24.3 Å². The highest BCUT2D eigenvalue weighted by molar-refractivity contribution is 5.96. The molecule has 0 N–H and O–H groups in total. The summed E-state index contributed by atoms with van der Waals surface area (Å²) < 4.78 is 0. The third-order valence-electron chi connectivity index (χ3n) is 4.22. The first-order chi connectivity index (χ1) is 9.19. The Morgan fingerprint density at radius 1 is 1.26 bits per heavy atom. The molecule has 1 fully saturated rings. The van der Waals surface area contributed by atoms with Crippen molar-refractivity contribution in [1.29, 1.82) is 0 Å². The van der Waals surface area contributed by atoms with Gasteiger partial charge in [0, 0.05) is 25.1 Å². The normalized spacial score (nSPS) is 15.5. The lowest BCUT2D eigenvalue weighted by molar-refractivity contribution is 0.0954. The Morgan fingerprint density at radius 3 is 2.47 bits per heavy atom. The number of hydrogen-bond donors (Lipinski definition) is 0. The van der Waals surface area contributed by atoms with Gasteiger partial charge in [-0.2, -0.15) is 0 Å². The van der Waals surface area contributed by atoms with Gasteiger partial charge in [0.05, 0.1) is 0 Å². The van der Waals surface area contributed by atoms with Crippen molar-refractivity contribution in [3.05, 3.63) is 35.4 Å². The molecule has 0 unspecified atom stereocenters. The summed E-state index contributed by atoms with van der Waals surface area (Å²) in [6, 6.07) is 7.91. The van der Waals surface area contributed by atoms with E-state index in [0.29, 0.717) is 6.42 Å². The van der Waals surface area contributed by atoms with Crippen molar-refractivity contribution in [2.75, 3.05) is 19.6 Å². The van der Waals surface area contributed by atoms with Crippen LogP contribution in [0.2, 0.25) is 0 Å². The van der Waals surface area contributed by atoms with E-state index in [0.717, 1.165) is 24.6 Å². The molecule has 2 rings (SSSR count). The maximum atomic E-state index is 12.1. The molecule has 104 valence electrons. The fraction of sp³-hybridized carbons (Fsp3) is 0.588. The Balaban J connectivity index is 1.79. The molecule has 2 nitrogen and oxygen atoms in total. The summed E-state index contributed by atoms with van der Waals surface area (Å²) in [4.78, 5) is 14.5. The van der Waals surface area contributed by atoms with E-state index in [4.69, 9.17) is 0 Å². The lowest BCUT2D eigenvalue weighted by atomic mass is 9.85. The number of Topliss-reactive ketones (excluding diaryl/α,β-unsaturated/α-hetero) is 1. The number of rotatable bonds is 7. The van der Waals surface area contributed by atoms with Crippen LogP contribution in [0.3, 0.4) is 0 Å². The molecule has 0 aliphatic heterocycles. The van der Waals surface area contributed by atoms with Gasteiger partial charge in [-0.1, -0.05) is 43.2 Å². The van der Waals surface area contributed by atoms with Crippen LogP contribution < -0.4 is 0 Å². The summed E-state index contributed by atoms with van der Waals surface area (Å²) in [7, 11) is 0. The minimum atomic E-state index is 0.270. The summed E-state index contributed by atoms with van der Waals surface area (Å²) in [5.41, 5.74) is 2.06. The first kappa shape index (κ1) is 14.3. The van der Waals surface area contributed by atoms with Crippen molar-refractivity contribution < 1.29 is 4.79 Å². The van der Waals surface area contributed by atoms with E-state index in [1.807, 2.05) is 31.2 Å². The van der Waals surface area contributed by atoms with Crippen LogP contribution in [0.5, 0.6) is 0 Å². The Morgan fingerprint density at radius 2 is 1.95 bits per heavy atom. The third kappa shape index (κ3) is 4.17. The topological polar surface area (TPSA) is 20.3 Å². The minimum absolute atomic E-state index is 0.270. The van der Waals surface area contributed by atoms with E-state index in [1.165, 1.54) is 31.4 Å². The summed E-state index contributed by atoms with van der Waals surface area (Å²) in [5.74, 6) is 1.15. The number of benzene rings is 1. The van der Waals surface area contributed by atoms with Crippen molar-refractivity contribution in [3.63, 3.8) is 0 Å². The molecule has 0 saturated heterocycles. The summed E-state index contributed by atoms with van der Waals surface area (Å²) in [6.45, 7) is 7.37. The zero-order chi connectivity index (χ0) is 13.7. The fourth-order valence-corrected chi connectivity index (χ4v) is 2.56. The highest BCUT2D eigenvalue weighted by atomic mass is 16.1. The Kier molecular flexibility index (Phi) is 5.15. The van der Waals surface area contributed by atoms with Crippen LogP contribution in [0.4, 0.5) is 0 Å².